The Labute approximate surface area is 241 Å². The SMILES string of the molecule is NCC(O)CN.O=Cc1ccccn1.OC(CNCc1ccccn1)CN(Cc1ccccn1)Cc1ccccn1. The van der Waals surface area contributed by atoms with Gasteiger partial charge in [0.05, 0.1) is 29.3 Å². The van der Waals surface area contributed by atoms with Crippen LogP contribution < -0.4 is 16.8 Å². The third-order valence-corrected chi connectivity index (χ3v) is 5.46. The Kier molecular flexibility index (Phi) is 16.9. The van der Waals surface area contributed by atoms with Gasteiger partial charge in [0.15, 0.2) is 6.29 Å². The number of nitrogens with zero attached hydrogens (tertiary/aromatic N) is 5. The van der Waals surface area contributed by atoms with Gasteiger partial charge in [0.2, 0.25) is 0 Å². The average Bonchev–Trinajstić information content (AvgIpc) is 3.03. The average molecular weight is 561 g/mol. The molecular weight excluding hydrogens is 520 g/mol. The molecule has 0 saturated heterocycles. The molecule has 1 atom stereocenters. The first-order chi connectivity index (χ1) is 20.0. The maximum Gasteiger partial charge on any atom is 0.168 e. The van der Waals surface area contributed by atoms with E-state index < -0.39 is 12.2 Å². The minimum absolute atomic E-state index is 0.260. The van der Waals surface area contributed by atoms with Gasteiger partial charge in [0, 0.05) is 70.6 Å². The van der Waals surface area contributed by atoms with Gasteiger partial charge in [-0.25, -0.2) is 0 Å². The number of pyridine rings is 4. The first-order valence-corrected chi connectivity index (χ1v) is 13.3. The second kappa shape index (κ2) is 20.9. The highest BCUT2D eigenvalue weighted by atomic mass is 16.3. The number of hydrogen-bond donors (Lipinski definition) is 5. The van der Waals surface area contributed by atoms with E-state index in [4.69, 9.17) is 16.6 Å². The quantitative estimate of drug-likeness (QED) is 0.148. The predicted molar refractivity (Wildman–Crippen MR) is 158 cm³/mol. The van der Waals surface area contributed by atoms with Gasteiger partial charge in [-0.1, -0.05) is 24.3 Å². The minimum Gasteiger partial charge on any atom is -0.390 e. The van der Waals surface area contributed by atoms with E-state index >= 15 is 0 Å². The molecule has 1 unspecified atom stereocenters. The highest BCUT2D eigenvalue weighted by Gasteiger charge is 2.14. The van der Waals surface area contributed by atoms with Crippen molar-refractivity contribution in [1.29, 1.82) is 0 Å². The fourth-order valence-electron chi connectivity index (χ4n) is 3.40. The van der Waals surface area contributed by atoms with Crippen molar-refractivity contribution < 1.29 is 15.0 Å². The molecular formula is C30H40N8O3. The van der Waals surface area contributed by atoms with Crippen LogP contribution in [0.1, 0.15) is 27.6 Å². The van der Waals surface area contributed by atoms with E-state index in [0.29, 0.717) is 38.4 Å². The normalized spacial score (nSPS) is 11.2. The summed E-state index contributed by atoms with van der Waals surface area (Å²) in [5.74, 6) is 0. The Morgan fingerprint density at radius 1 is 0.707 bits per heavy atom. The van der Waals surface area contributed by atoms with E-state index in [1.165, 1.54) is 0 Å². The van der Waals surface area contributed by atoms with Gasteiger partial charge in [-0.15, -0.1) is 0 Å². The summed E-state index contributed by atoms with van der Waals surface area (Å²) in [6.45, 7) is 3.51. The topological polar surface area (TPSA) is 176 Å². The molecule has 11 heteroatoms. The zero-order valence-electron chi connectivity index (χ0n) is 23.1. The Morgan fingerprint density at radius 3 is 1.56 bits per heavy atom. The number of aldehydes is 1. The molecule has 0 bridgehead atoms. The van der Waals surface area contributed by atoms with Crippen molar-refractivity contribution >= 4 is 6.29 Å². The first-order valence-electron chi connectivity index (χ1n) is 13.3. The number of nitrogens with two attached hydrogens (primary N) is 2. The fourth-order valence-corrected chi connectivity index (χ4v) is 3.40. The second-order valence-corrected chi connectivity index (χ2v) is 8.92. The van der Waals surface area contributed by atoms with Gasteiger partial charge < -0.3 is 27.0 Å². The number of aromatic nitrogens is 4. The molecule has 0 radical (unpaired) electrons. The van der Waals surface area contributed by atoms with Crippen LogP contribution in [0.3, 0.4) is 0 Å². The summed E-state index contributed by atoms with van der Waals surface area (Å²) < 4.78 is 0. The Bertz CT molecular complexity index is 1130. The summed E-state index contributed by atoms with van der Waals surface area (Å²) in [5, 5.41) is 22.2. The zero-order chi connectivity index (χ0) is 29.5. The molecule has 0 aromatic carbocycles. The van der Waals surface area contributed by atoms with Crippen LogP contribution in [-0.2, 0) is 19.6 Å². The van der Waals surface area contributed by atoms with Crippen molar-refractivity contribution in [1.82, 2.24) is 30.2 Å². The maximum atomic E-state index is 10.5. The molecule has 11 nitrogen and oxygen atoms in total. The van der Waals surface area contributed by atoms with Gasteiger partial charge in [-0.3, -0.25) is 29.6 Å². The van der Waals surface area contributed by atoms with Crippen molar-refractivity contribution in [2.75, 3.05) is 26.2 Å². The number of nitrogens with one attached hydrogen (secondary N) is 1. The molecule has 4 aromatic rings. The van der Waals surface area contributed by atoms with Gasteiger partial charge in [0.1, 0.15) is 5.69 Å². The Hall–Kier alpha value is -3.97. The molecule has 0 amide bonds. The smallest absolute Gasteiger partial charge is 0.168 e. The third kappa shape index (κ3) is 15.4. The first kappa shape index (κ1) is 33.2. The standard InChI is InChI=1S/C21H25N5O.C6H5NO.C3H10N2O/c27-21(14-22-13-18-7-1-4-10-23-18)17-26(15-19-8-2-5-11-24-19)16-20-9-3-6-12-25-20;8-5-6-3-1-2-4-7-6;4-1-3(6)2-5/h1-12,21-22,27H,13-17H2;1-5H;3,6H,1-2,4-5H2. The van der Waals surface area contributed by atoms with Crippen LogP contribution in [0.2, 0.25) is 0 Å². The number of aliphatic hydroxyl groups is 2. The molecule has 218 valence electrons. The maximum absolute atomic E-state index is 10.5. The van der Waals surface area contributed by atoms with Gasteiger partial charge >= 0.3 is 0 Å². The summed E-state index contributed by atoms with van der Waals surface area (Å²) in [7, 11) is 0. The number of rotatable bonds is 13. The van der Waals surface area contributed by atoms with Crippen LogP contribution in [0, 0.1) is 0 Å². The highest BCUT2D eigenvalue weighted by molar-refractivity contribution is 5.71. The number of carbonyl (C=O) groups is 1. The summed E-state index contributed by atoms with van der Waals surface area (Å²) in [4.78, 5) is 28.9. The molecule has 41 heavy (non-hydrogen) atoms. The third-order valence-electron chi connectivity index (χ3n) is 5.46. The van der Waals surface area contributed by atoms with E-state index in [0.717, 1.165) is 23.4 Å². The minimum atomic E-state index is -0.509. The van der Waals surface area contributed by atoms with E-state index in [-0.39, 0.29) is 13.1 Å². The molecule has 0 spiro atoms. The molecule has 0 aliphatic carbocycles. The number of hydrogen-bond acceptors (Lipinski definition) is 11. The number of aliphatic hydroxyl groups excluding tert-OH is 2. The monoisotopic (exact) mass is 560 g/mol. The lowest BCUT2D eigenvalue weighted by Gasteiger charge is -2.24. The lowest BCUT2D eigenvalue weighted by molar-refractivity contribution is 0.102. The Balaban J connectivity index is 0.000000344. The molecule has 0 aliphatic heterocycles. The molecule has 0 fully saturated rings. The van der Waals surface area contributed by atoms with Crippen LogP contribution >= 0.6 is 0 Å². The summed E-state index contributed by atoms with van der Waals surface area (Å²) >= 11 is 0. The van der Waals surface area contributed by atoms with E-state index in [1.807, 2.05) is 54.6 Å². The van der Waals surface area contributed by atoms with E-state index in [9.17, 15) is 9.90 Å². The number of carbonyl (C=O) groups excluding carboxylic acids is 1. The predicted octanol–water partition coefficient (Wildman–Crippen LogP) is 1.18. The largest absolute Gasteiger partial charge is 0.390 e. The molecule has 0 aliphatic rings. The highest BCUT2D eigenvalue weighted by Crippen LogP contribution is 2.08. The van der Waals surface area contributed by atoms with E-state index in [1.54, 1.807) is 43.0 Å². The van der Waals surface area contributed by atoms with Gasteiger partial charge in [-0.05, 0) is 48.5 Å². The van der Waals surface area contributed by atoms with Crippen LogP contribution in [0.25, 0.3) is 0 Å². The molecule has 0 saturated carbocycles. The summed E-state index contributed by atoms with van der Waals surface area (Å²) in [6.07, 6.45) is 6.66. The zero-order valence-corrected chi connectivity index (χ0v) is 23.1. The van der Waals surface area contributed by atoms with Crippen LogP contribution in [-0.4, -0.2) is 79.7 Å². The van der Waals surface area contributed by atoms with Crippen LogP contribution in [0.15, 0.2) is 97.6 Å². The second-order valence-electron chi connectivity index (χ2n) is 8.92. The van der Waals surface area contributed by atoms with Gasteiger partial charge in [0.25, 0.3) is 0 Å². The molecule has 4 aromatic heterocycles. The van der Waals surface area contributed by atoms with Crippen molar-refractivity contribution in [3.05, 3.63) is 120 Å². The van der Waals surface area contributed by atoms with Crippen molar-refractivity contribution in [2.45, 2.75) is 31.8 Å². The lowest BCUT2D eigenvalue weighted by Crippen LogP contribution is -2.38. The molecule has 7 N–H and O–H groups in total. The van der Waals surface area contributed by atoms with Crippen LogP contribution in [0.5, 0.6) is 0 Å². The summed E-state index contributed by atoms with van der Waals surface area (Å²) in [5.41, 5.74) is 13.3. The van der Waals surface area contributed by atoms with Crippen molar-refractivity contribution in [3.63, 3.8) is 0 Å². The van der Waals surface area contributed by atoms with E-state index in [2.05, 4.69) is 30.2 Å². The summed E-state index contributed by atoms with van der Waals surface area (Å²) in [6, 6.07) is 22.8. The molecule has 4 rings (SSSR count). The van der Waals surface area contributed by atoms with Crippen LogP contribution in [0.4, 0.5) is 0 Å². The van der Waals surface area contributed by atoms with Crippen molar-refractivity contribution in [3.8, 4) is 0 Å². The van der Waals surface area contributed by atoms with Crippen molar-refractivity contribution in [2.24, 2.45) is 11.5 Å². The van der Waals surface area contributed by atoms with Gasteiger partial charge in [-0.2, -0.15) is 0 Å². The molecule has 4 heterocycles. The Morgan fingerprint density at radius 2 is 1.20 bits per heavy atom. The fraction of sp³-hybridized carbons (Fsp3) is 0.300. The lowest BCUT2D eigenvalue weighted by atomic mass is 10.2.